The highest BCUT2D eigenvalue weighted by Gasteiger charge is 2.34. The van der Waals surface area contributed by atoms with E-state index >= 15 is 0 Å². The first-order valence-electron chi connectivity index (χ1n) is 7.30. The van der Waals surface area contributed by atoms with Crippen LogP contribution in [0.1, 0.15) is 55.5 Å². The third-order valence-electron chi connectivity index (χ3n) is 4.40. The van der Waals surface area contributed by atoms with Crippen LogP contribution in [0, 0.1) is 5.41 Å². The topological polar surface area (TPSA) is 77.2 Å². The molecule has 1 aliphatic carbocycles. The van der Waals surface area contributed by atoms with Crippen molar-refractivity contribution in [3.63, 3.8) is 0 Å². The normalized spacial score (nSPS) is 19.3. The molecule has 0 spiro atoms. The Morgan fingerprint density at radius 1 is 1.19 bits per heavy atom. The monoisotopic (exact) mass is 309 g/mol. The highest BCUT2D eigenvalue weighted by molar-refractivity contribution is 7.91. The van der Waals surface area contributed by atoms with Gasteiger partial charge in [0, 0.05) is 5.56 Å². The first-order valence-corrected chi connectivity index (χ1v) is 9.01. The van der Waals surface area contributed by atoms with E-state index in [1.54, 1.807) is 24.3 Å². The smallest absolute Gasteiger partial charge is 0.248 e. The average Bonchev–Trinajstić information content (AvgIpc) is 2.38. The van der Waals surface area contributed by atoms with Crippen molar-refractivity contribution in [2.24, 2.45) is 11.1 Å². The lowest BCUT2D eigenvalue weighted by Crippen LogP contribution is -2.31. The number of hydrogen-bond acceptors (Lipinski definition) is 3. The molecule has 0 aromatic heterocycles. The Labute approximate surface area is 126 Å². The van der Waals surface area contributed by atoms with Gasteiger partial charge in [-0.3, -0.25) is 4.79 Å². The number of nitrogens with two attached hydrogens (primary N) is 1. The zero-order valence-electron chi connectivity index (χ0n) is 12.6. The van der Waals surface area contributed by atoms with Crippen LogP contribution in [0.5, 0.6) is 0 Å². The lowest BCUT2D eigenvalue weighted by Gasteiger charge is -2.33. The Morgan fingerprint density at radius 2 is 1.71 bits per heavy atom. The predicted molar refractivity (Wildman–Crippen MR) is 83.6 cm³/mol. The molecule has 1 aliphatic rings. The van der Waals surface area contributed by atoms with Crippen molar-refractivity contribution in [2.75, 3.05) is 0 Å². The van der Waals surface area contributed by atoms with Crippen LogP contribution in [0.25, 0.3) is 0 Å². The van der Waals surface area contributed by atoms with E-state index in [2.05, 4.69) is 13.8 Å². The molecule has 0 heterocycles. The van der Waals surface area contributed by atoms with Crippen LogP contribution in [-0.2, 0) is 15.6 Å². The van der Waals surface area contributed by atoms with E-state index in [-0.39, 0.29) is 16.4 Å². The summed E-state index contributed by atoms with van der Waals surface area (Å²) >= 11 is 0. The molecule has 2 N–H and O–H groups in total. The molecular formula is C16H23NO3S. The van der Waals surface area contributed by atoms with Crippen molar-refractivity contribution < 1.29 is 13.2 Å². The number of carbonyl (C=O) groups is 1. The van der Waals surface area contributed by atoms with Gasteiger partial charge in [0.15, 0.2) is 9.84 Å². The molecule has 21 heavy (non-hydrogen) atoms. The van der Waals surface area contributed by atoms with Crippen molar-refractivity contribution in [1.29, 1.82) is 0 Å². The van der Waals surface area contributed by atoms with Gasteiger partial charge >= 0.3 is 0 Å². The van der Waals surface area contributed by atoms with Crippen LogP contribution >= 0.6 is 0 Å². The Morgan fingerprint density at radius 3 is 2.19 bits per heavy atom. The minimum atomic E-state index is -3.14. The van der Waals surface area contributed by atoms with Gasteiger partial charge in [0.2, 0.25) is 5.91 Å². The molecule has 0 saturated heterocycles. The second-order valence-corrected chi connectivity index (χ2v) is 9.01. The third-order valence-corrected chi connectivity index (χ3v) is 6.62. The van der Waals surface area contributed by atoms with E-state index in [0.717, 1.165) is 25.7 Å². The molecule has 0 radical (unpaired) electrons. The van der Waals surface area contributed by atoms with Crippen LogP contribution in [0.4, 0.5) is 0 Å². The maximum absolute atomic E-state index is 12.5. The van der Waals surface area contributed by atoms with E-state index in [1.165, 1.54) is 0 Å². The third kappa shape index (κ3) is 4.06. The maximum Gasteiger partial charge on any atom is 0.248 e. The van der Waals surface area contributed by atoms with Crippen LogP contribution in [-0.4, -0.2) is 19.6 Å². The van der Waals surface area contributed by atoms with Crippen molar-refractivity contribution in [2.45, 2.75) is 50.5 Å². The quantitative estimate of drug-likeness (QED) is 0.929. The van der Waals surface area contributed by atoms with Crippen LogP contribution in [0.3, 0.4) is 0 Å². The largest absolute Gasteiger partial charge is 0.366 e. The van der Waals surface area contributed by atoms with Crippen molar-refractivity contribution in [3.8, 4) is 0 Å². The molecule has 1 fully saturated rings. The Kier molecular flexibility index (Phi) is 4.42. The second kappa shape index (κ2) is 5.79. The van der Waals surface area contributed by atoms with Gasteiger partial charge in [0.1, 0.15) is 0 Å². The average molecular weight is 309 g/mol. The number of carbonyl (C=O) groups excluding carboxylic acids is 1. The molecule has 0 bridgehead atoms. The molecule has 5 heteroatoms. The first kappa shape index (κ1) is 16.0. The zero-order chi connectivity index (χ0) is 15.7. The van der Waals surface area contributed by atoms with Gasteiger partial charge in [0.05, 0.1) is 11.0 Å². The summed E-state index contributed by atoms with van der Waals surface area (Å²) in [5.74, 6) is -0.462. The fourth-order valence-corrected chi connectivity index (χ4v) is 4.69. The number of sulfone groups is 1. The SMILES string of the molecule is CC1(C)CCC(S(=O)(=O)Cc2ccc(C(N)=O)cc2)CC1. The van der Waals surface area contributed by atoms with E-state index in [0.29, 0.717) is 11.1 Å². The highest BCUT2D eigenvalue weighted by Crippen LogP contribution is 2.38. The summed E-state index contributed by atoms with van der Waals surface area (Å²) in [5.41, 5.74) is 6.55. The lowest BCUT2D eigenvalue weighted by atomic mass is 9.77. The van der Waals surface area contributed by atoms with Crippen LogP contribution in [0.15, 0.2) is 24.3 Å². The van der Waals surface area contributed by atoms with Crippen molar-refractivity contribution in [3.05, 3.63) is 35.4 Å². The molecule has 0 unspecified atom stereocenters. The first-order chi connectivity index (χ1) is 9.70. The van der Waals surface area contributed by atoms with Gasteiger partial charge in [-0.1, -0.05) is 26.0 Å². The number of hydrogen-bond donors (Lipinski definition) is 1. The number of rotatable bonds is 4. The molecule has 0 aliphatic heterocycles. The van der Waals surface area contributed by atoms with Crippen molar-refractivity contribution >= 4 is 15.7 Å². The standard InChI is InChI=1S/C16H23NO3S/c1-16(2)9-7-14(8-10-16)21(19,20)11-12-3-5-13(6-4-12)15(17)18/h3-6,14H,7-11H2,1-2H3,(H2,17,18). The zero-order valence-corrected chi connectivity index (χ0v) is 13.4. The van der Waals surface area contributed by atoms with Gasteiger partial charge in [-0.25, -0.2) is 8.42 Å². The van der Waals surface area contributed by atoms with Gasteiger partial charge in [-0.2, -0.15) is 0 Å². The molecule has 1 saturated carbocycles. The maximum atomic E-state index is 12.5. The molecule has 1 amide bonds. The number of benzene rings is 1. The fraction of sp³-hybridized carbons (Fsp3) is 0.562. The predicted octanol–water partition coefficient (Wildman–Crippen LogP) is 2.67. The highest BCUT2D eigenvalue weighted by atomic mass is 32.2. The molecule has 0 atom stereocenters. The van der Waals surface area contributed by atoms with Crippen LogP contribution in [0.2, 0.25) is 0 Å². The van der Waals surface area contributed by atoms with E-state index in [4.69, 9.17) is 5.73 Å². The summed E-state index contributed by atoms with van der Waals surface area (Å²) < 4.78 is 25.0. The molecular weight excluding hydrogens is 286 g/mol. The van der Waals surface area contributed by atoms with Gasteiger partial charge in [-0.15, -0.1) is 0 Å². The summed E-state index contributed by atoms with van der Waals surface area (Å²) in [4.78, 5) is 11.0. The number of amides is 1. The molecule has 1 aromatic carbocycles. The van der Waals surface area contributed by atoms with E-state index < -0.39 is 15.7 Å². The van der Waals surface area contributed by atoms with Gasteiger partial charge in [-0.05, 0) is 48.8 Å². The molecule has 116 valence electrons. The fourth-order valence-electron chi connectivity index (χ4n) is 2.85. The summed E-state index contributed by atoms with van der Waals surface area (Å²) in [5, 5.41) is -0.235. The van der Waals surface area contributed by atoms with Crippen LogP contribution < -0.4 is 5.73 Å². The Bertz CT molecular complexity index is 607. The summed E-state index contributed by atoms with van der Waals surface area (Å²) in [6.45, 7) is 4.39. The van der Waals surface area contributed by atoms with E-state index in [9.17, 15) is 13.2 Å². The Balaban J connectivity index is 2.06. The minimum absolute atomic E-state index is 0.0388. The summed E-state index contributed by atoms with van der Waals surface area (Å²) in [6, 6.07) is 6.50. The Hall–Kier alpha value is -1.36. The van der Waals surface area contributed by atoms with Crippen molar-refractivity contribution in [1.82, 2.24) is 0 Å². The molecule has 4 nitrogen and oxygen atoms in total. The molecule has 1 aromatic rings. The molecule has 2 rings (SSSR count). The summed E-state index contributed by atoms with van der Waals surface area (Å²) in [6.07, 6.45) is 3.40. The van der Waals surface area contributed by atoms with Gasteiger partial charge < -0.3 is 5.73 Å². The lowest BCUT2D eigenvalue weighted by molar-refractivity contribution is 0.100. The van der Waals surface area contributed by atoms with Gasteiger partial charge in [0.25, 0.3) is 0 Å². The minimum Gasteiger partial charge on any atom is -0.366 e. The summed E-state index contributed by atoms with van der Waals surface area (Å²) in [7, 11) is -3.14. The second-order valence-electron chi connectivity index (χ2n) is 6.73. The number of primary amides is 1. The van der Waals surface area contributed by atoms with E-state index in [1.807, 2.05) is 0 Å².